The van der Waals surface area contributed by atoms with Gasteiger partial charge in [0.25, 0.3) is 0 Å². The molecule has 1 aliphatic carbocycles. The maximum Gasteiger partial charge on any atom is 0.165 e. The second-order valence-corrected chi connectivity index (χ2v) is 7.20. The molecule has 0 heterocycles. The predicted molar refractivity (Wildman–Crippen MR) is 91.4 cm³/mol. The summed E-state index contributed by atoms with van der Waals surface area (Å²) >= 11 is 1.65. The molecule has 2 atom stereocenters. The minimum Gasteiger partial charge on any atom is -0.294 e. The Balaban J connectivity index is 2.16. The van der Waals surface area contributed by atoms with Gasteiger partial charge < -0.3 is 0 Å². The maximum atomic E-state index is 12.8. The molecular formula is C19H24OS. The van der Waals surface area contributed by atoms with Crippen molar-refractivity contribution >= 4 is 17.5 Å². The molecule has 0 bridgehead atoms. The molecule has 1 fully saturated rings. The fourth-order valence-corrected chi connectivity index (χ4v) is 3.65. The van der Waals surface area contributed by atoms with Gasteiger partial charge in [0.05, 0.1) is 0 Å². The van der Waals surface area contributed by atoms with Crippen LogP contribution in [0.3, 0.4) is 0 Å². The van der Waals surface area contributed by atoms with Gasteiger partial charge in [-0.1, -0.05) is 49.4 Å². The SMILES string of the molecule is C=CC[C@]1(C)C(=O)/C(=C/Sc2ccc(C)cc2)CC[C@H]1C. The van der Waals surface area contributed by atoms with Gasteiger partial charge in [0.2, 0.25) is 0 Å². The zero-order chi connectivity index (χ0) is 15.5. The molecule has 0 N–H and O–H groups in total. The average molecular weight is 300 g/mol. The summed E-state index contributed by atoms with van der Waals surface area (Å²) in [6, 6.07) is 8.42. The zero-order valence-electron chi connectivity index (χ0n) is 13.2. The number of benzene rings is 1. The molecule has 0 unspecified atom stereocenters. The van der Waals surface area contributed by atoms with Crippen LogP contribution in [0.2, 0.25) is 0 Å². The van der Waals surface area contributed by atoms with Crippen molar-refractivity contribution in [3.05, 3.63) is 53.5 Å². The smallest absolute Gasteiger partial charge is 0.165 e. The summed E-state index contributed by atoms with van der Waals surface area (Å²) in [6.45, 7) is 10.2. The first-order valence-corrected chi connectivity index (χ1v) is 8.43. The lowest BCUT2D eigenvalue weighted by atomic mass is 9.64. The number of aryl methyl sites for hydroxylation is 1. The number of rotatable bonds is 4. The summed E-state index contributed by atoms with van der Waals surface area (Å²) in [7, 11) is 0. The Morgan fingerprint density at radius 1 is 1.38 bits per heavy atom. The molecule has 21 heavy (non-hydrogen) atoms. The molecular weight excluding hydrogens is 276 g/mol. The van der Waals surface area contributed by atoms with E-state index in [4.69, 9.17) is 0 Å². The molecule has 0 radical (unpaired) electrons. The van der Waals surface area contributed by atoms with Crippen molar-refractivity contribution in [2.75, 3.05) is 0 Å². The molecule has 2 heteroatoms. The van der Waals surface area contributed by atoms with E-state index in [0.29, 0.717) is 11.7 Å². The Morgan fingerprint density at radius 3 is 2.67 bits per heavy atom. The highest BCUT2D eigenvalue weighted by atomic mass is 32.2. The van der Waals surface area contributed by atoms with Crippen LogP contribution >= 0.6 is 11.8 Å². The van der Waals surface area contributed by atoms with Crippen molar-refractivity contribution in [3.8, 4) is 0 Å². The largest absolute Gasteiger partial charge is 0.294 e. The van der Waals surface area contributed by atoms with Gasteiger partial charge in [-0.05, 0) is 49.6 Å². The molecule has 0 spiro atoms. The van der Waals surface area contributed by atoms with Gasteiger partial charge in [0.1, 0.15) is 0 Å². The Labute approximate surface area is 132 Å². The first-order valence-electron chi connectivity index (χ1n) is 7.55. The van der Waals surface area contributed by atoms with Crippen LogP contribution in [-0.4, -0.2) is 5.78 Å². The van der Waals surface area contributed by atoms with E-state index >= 15 is 0 Å². The topological polar surface area (TPSA) is 17.1 Å². The molecule has 0 amide bonds. The van der Waals surface area contributed by atoms with Gasteiger partial charge >= 0.3 is 0 Å². The Morgan fingerprint density at radius 2 is 2.05 bits per heavy atom. The van der Waals surface area contributed by atoms with Crippen molar-refractivity contribution in [1.29, 1.82) is 0 Å². The number of carbonyl (C=O) groups is 1. The van der Waals surface area contributed by atoms with Gasteiger partial charge in [0.15, 0.2) is 5.78 Å². The average Bonchev–Trinajstić information content (AvgIpc) is 2.47. The lowest BCUT2D eigenvalue weighted by Gasteiger charge is -2.38. The fourth-order valence-electron chi connectivity index (χ4n) is 2.86. The number of hydrogen-bond donors (Lipinski definition) is 0. The summed E-state index contributed by atoms with van der Waals surface area (Å²) in [4.78, 5) is 14.0. The molecule has 0 aromatic heterocycles. The number of allylic oxidation sites excluding steroid dienone is 2. The molecule has 1 saturated carbocycles. The molecule has 1 aromatic rings. The molecule has 112 valence electrons. The van der Waals surface area contributed by atoms with Crippen molar-refractivity contribution in [3.63, 3.8) is 0 Å². The predicted octanol–water partition coefficient (Wildman–Crippen LogP) is 5.55. The van der Waals surface area contributed by atoms with E-state index in [-0.39, 0.29) is 5.41 Å². The molecule has 1 nitrogen and oxygen atoms in total. The van der Waals surface area contributed by atoms with Crippen LogP contribution in [-0.2, 0) is 4.79 Å². The standard InChI is InChI=1S/C19H24OS/c1-5-12-19(4)15(3)8-9-16(18(19)20)13-21-17-10-6-14(2)7-11-17/h5-7,10-11,13,15H,1,8-9,12H2,2-4H3/b16-13+/t15-,19+/m1/s1. The summed E-state index contributed by atoms with van der Waals surface area (Å²) in [5.74, 6) is 0.727. The third kappa shape index (κ3) is 3.49. The van der Waals surface area contributed by atoms with Crippen LogP contribution in [0.1, 0.15) is 38.7 Å². The Hall–Kier alpha value is -1.28. The van der Waals surface area contributed by atoms with Gasteiger partial charge in [-0.3, -0.25) is 4.79 Å². The third-order valence-electron chi connectivity index (χ3n) is 4.67. The van der Waals surface area contributed by atoms with Gasteiger partial charge in [-0.25, -0.2) is 0 Å². The van der Waals surface area contributed by atoms with Crippen molar-refractivity contribution in [2.45, 2.75) is 44.9 Å². The molecule has 1 aliphatic rings. The van der Waals surface area contributed by atoms with Gasteiger partial charge in [-0.15, -0.1) is 6.58 Å². The van der Waals surface area contributed by atoms with Crippen molar-refractivity contribution in [1.82, 2.24) is 0 Å². The van der Waals surface area contributed by atoms with Crippen molar-refractivity contribution in [2.24, 2.45) is 11.3 Å². The molecule has 0 saturated heterocycles. The van der Waals surface area contributed by atoms with Crippen molar-refractivity contribution < 1.29 is 4.79 Å². The highest BCUT2D eigenvalue weighted by Crippen LogP contribution is 2.44. The first-order chi connectivity index (χ1) is 9.97. The number of hydrogen-bond acceptors (Lipinski definition) is 2. The number of Topliss-reactive ketones (excluding diaryl/α,β-unsaturated/α-hetero) is 1. The lowest BCUT2D eigenvalue weighted by Crippen LogP contribution is -2.39. The fraction of sp³-hybridized carbons (Fsp3) is 0.421. The second kappa shape index (κ2) is 6.65. The van der Waals surface area contributed by atoms with Crippen LogP contribution < -0.4 is 0 Å². The monoisotopic (exact) mass is 300 g/mol. The van der Waals surface area contributed by atoms with E-state index in [1.165, 1.54) is 10.5 Å². The molecule has 2 rings (SSSR count). The summed E-state index contributed by atoms with van der Waals surface area (Å²) in [5, 5.41) is 2.06. The minimum absolute atomic E-state index is 0.278. The van der Waals surface area contributed by atoms with Crippen LogP contribution in [0.5, 0.6) is 0 Å². The highest BCUT2D eigenvalue weighted by Gasteiger charge is 2.42. The third-order valence-corrected chi connectivity index (χ3v) is 5.62. The van der Waals surface area contributed by atoms with Gasteiger partial charge in [-0.2, -0.15) is 0 Å². The normalized spacial score (nSPS) is 27.9. The minimum atomic E-state index is -0.278. The highest BCUT2D eigenvalue weighted by molar-refractivity contribution is 8.02. The van der Waals surface area contributed by atoms with E-state index in [1.807, 2.05) is 6.08 Å². The zero-order valence-corrected chi connectivity index (χ0v) is 14.0. The number of thioether (sulfide) groups is 1. The number of ketones is 1. The van der Waals surface area contributed by atoms with E-state index in [9.17, 15) is 4.79 Å². The van der Waals surface area contributed by atoms with E-state index in [2.05, 4.69) is 57.0 Å². The summed E-state index contributed by atoms with van der Waals surface area (Å²) in [5.41, 5.74) is 1.95. The second-order valence-electron chi connectivity index (χ2n) is 6.25. The van der Waals surface area contributed by atoms with E-state index in [0.717, 1.165) is 24.8 Å². The van der Waals surface area contributed by atoms with E-state index < -0.39 is 0 Å². The molecule has 1 aromatic carbocycles. The molecule has 0 aliphatic heterocycles. The van der Waals surface area contributed by atoms with Crippen LogP contribution in [0, 0.1) is 18.3 Å². The van der Waals surface area contributed by atoms with E-state index in [1.54, 1.807) is 11.8 Å². The lowest BCUT2D eigenvalue weighted by molar-refractivity contribution is -0.128. The van der Waals surface area contributed by atoms with Crippen LogP contribution in [0.4, 0.5) is 0 Å². The van der Waals surface area contributed by atoms with Crippen LogP contribution in [0.15, 0.2) is 52.8 Å². The quantitative estimate of drug-likeness (QED) is 0.412. The Bertz CT molecular complexity index is 555. The maximum absolute atomic E-state index is 12.8. The summed E-state index contributed by atoms with van der Waals surface area (Å²) < 4.78 is 0. The van der Waals surface area contributed by atoms with Gasteiger partial charge in [0, 0.05) is 15.9 Å². The summed E-state index contributed by atoms with van der Waals surface area (Å²) in [6.07, 6.45) is 4.62. The van der Waals surface area contributed by atoms with Crippen LogP contribution in [0.25, 0.3) is 0 Å². The number of carbonyl (C=O) groups excluding carboxylic acids is 1. The Kier molecular flexibility index (Phi) is 5.10. The first kappa shape index (κ1) is 16.1.